The predicted octanol–water partition coefficient (Wildman–Crippen LogP) is 3.66. The van der Waals surface area contributed by atoms with E-state index in [4.69, 9.17) is 8.94 Å². The Hall–Kier alpha value is -2.41. The third-order valence-corrected chi connectivity index (χ3v) is 3.62. The third kappa shape index (κ3) is 3.43. The van der Waals surface area contributed by atoms with Gasteiger partial charge in [0.2, 0.25) is 17.6 Å². The van der Waals surface area contributed by atoms with Gasteiger partial charge in [-0.3, -0.25) is 4.79 Å². The Kier molecular flexibility index (Phi) is 4.34. The van der Waals surface area contributed by atoms with Crippen molar-refractivity contribution < 1.29 is 13.7 Å². The molecule has 3 aromatic rings. The summed E-state index contributed by atoms with van der Waals surface area (Å²) < 4.78 is 11.1. The summed E-state index contributed by atoms with van der Waals surface area (Å²) in [6.45, 7) is 0. The number of carbonyl (C=O) groups is 1. The second-order valence-corrected chi connectivity index (χ2v) is 5.37. The monoisotopic (exact) mass is 361 g/mol. The molecule has 7 heteroatoms. The maximum Gasteiger partial charge on any atom is 0.238 e. The van der Waals surface area contributed by atoms with Crippen LogP contribution in [0.3, 0.4) is 0 Å². The molecule has 6 nitrogen and oxygen atoms in total. The maximum atomic E-state index is 11.9. The van der Waals surface area contributed by atoms with E-state index in [0.29, 0.717) is 23.9 Å². The number of benzene rings is 1. The molecule has 2 heterocycles. The molecule has 1 amide bonds. The summed E-state index contributed by atoms with van der Waals surface area (Å²) in [6.07, 6.45) is 2.15. The fraction of sp³-hybridized carbons (Fsp3) is 0.133. The number of hydrogen-bond donors (Lipinski definition) is 1. The smallest absolute Gasteiger partial charge is 0.238 e. The number of anilines is 1. The van der Waals surface area contributed by atoms with E-state index in [0.717, 1.165) is 10.2 Å². The normalized spacial score (nSPS) is 10.6. The zero-order valence-electron chi connectivity index (χ0n) is 11.5. The first-order valence-electron chi connectivity index (χ1n) is 6.63. The first-order valence-corrected chi connectivity index (χ1v) is 7.42. The lowest BCUT2D eigenvalue weighted by Crippen LogP contribution is -2.12. The van der Waals surface area contributed by atoms with E-state index >= 15 is 0 Å². The standard InChI is InChI=1S/C15H12BrN3O3/c16-10-4-1-2-5-11(10)17-13(20)7-8-14-18-15(19-22-14)12-6-3-9-21-12/h1-6,9H,7-8H2,(H,17,20). The van der Waals surface area contributed by atoms with Crippen LogP contribution in [0, 0.1) is 0 Å². The van der Waals surface area contributed by atoms with Crippen molar-refractivity contribution in [3.05, 3.63) is 53.0 Å². The van der Waals surface area contributed by atoms with Crippen molar-refractivity contribution in [1.29, 1.82) is 0 Å². The minimum Gasteiger partial charge on any atom is -0.461 e. The van der Waals surface area contributed by atoms with Crippen molar-refractivity contribution in [3.63, 3.8) is 0 Å². The highest BCUT2D eigenvalue weighted by molar-refractivity contribution is 9.10. The SMILES string of the molecule is O=C(CCc1nc(-c2ccco2)no1)Nc1ccccc1Br. The number of halogens is 1. The Morgan fingerprint density at radius 1 is 1.23 bits per heavy atom. The van der Waals surface area contributed by atoms with Crippen molar-refractivity contribution in [3.8, 4) is 11.6 Å². The van der Waals surface area contributed by atoms with Gasteiger partial charge in [0.1, 0.15) is 0 Å². The lowest BCUT2D eigenvalue weighted by atomic mass is 10.2. The molecule has 0 unspecified atom stereocenters. The van der Waals surface area contributed by atoms with Gasteiger partial charge in [0.05, 0.1) is 12.0 Å². The molecule has 0 radical (unpaired) electrons. The van der Waals surface area contributed by atoms with Gasteiger partial charge in [-0.15, -0.1) is 0 Å². The molecular weight excluding hydrogens is 350 g/mol. The third-order valence-electron chi connectivity index (χ3n) is 2.92. The molecule has 0 spiro atoms. The van der Waals surface area contributed by atoms with Gasteiger partial charge in [0.25, 0.3) is 0 Å². The quantitative estimate of drug-likeness (QED) is 0.749. The molecule has 0 saturated heterocycles. The number of carbonyl (C=O) groups excluding carboxylic acids is 1. The van der Waals surface area contributed by atoms with Crippen LogP contribution in [0.5, 0.6) is 0 Å². The fourth-order valence-corrected chi connectivity index (χ4v) is 2.24. The average Bonchev–Trinajstić information content (AvgIpc) is 3.18. The molecule has 3 rings (SSSR count). The van der Waals surface area contributed by atoms with E-state index < -0.39 is 0 Å². The molecule has 1 N–H and O–H groups in total. The van der Waals surface area contributed by atoms with Crippen LogP contribution < -0.4 is 5.32 Å². The number of para-hydroxylation sites is 1. The van der Waals surface area contributed by atoms with Crippen molar-refractivity contribution in [2.45, 2.75) is 12.8 Å². The van der Waals surface area contributed by atoms with Crippen LogP contribution in [0.2, 0.25) is 0 Å². The van der Waals surface area contributed by atoms with Gasteiger partial charge < -0.3 is 14.3 Å². The van der Waals surface area contributed by atoms with Gasteiger partial charge in [-0.1, -0.05) is 17.3 Å². The molecule has 112 valence electrons. The number of hydrogen-bond acceptors (Lipinski definition) is 5. The zero-order valence-corrected chi connectivity index (χ0v) is 13.0. The van der Waals surface area contributed by atoms with E-state index in [1.165, 1.54) is 6.26 Å². The lowest BCUT2D eigenvalue weighted by molar-refractivity contribution is -0.116. The first-order chi connectivity index (χ1) is 10.7. The molecule has 22 heavy (non-hydrogen) atoms. The minimum absolute atomic E-state index is 0.121. The number of furan rings is 1. The summed E-state index contributed by atoms with van der Waals surface area (Å²) >= 11 is 3.38. The van der Waals surface area contributed by atoms with E-state index in [2.05, 4.69) is 31.4 Å². The van der Waals surface area contributed by atoms with Crippen molar-refractivity contribution >= 4 is 27.5 Å². The Morgan fingerprint density at radius 2 is 2.09 bits per heavy atom. The first kappa shape index (κ1) is 14.5. The minimum atomic E-state index is -0.121. The molecular formula is C15H12BrN3O3. The van der Waals surface area contributed by atoms with Crippen LogP contribution in [0.1, 0.15) is 12.3 Å². The molecule has 2 aromatic heterocycles. The van der Waals surface area contributed by atoms with E-state index in [1.54, 1.807) is 12.1 Å². The summed E-state index contributed by atoms with van der Waals surface area (Å²) in [5.41, 5.74) is 0.731. The van der Waals surface area contributed by atoms with Crippen LogP contribution in [0.25, 0.3) is 11.6 Å². The Balaban J connectivity index is 1.56. The molecule has 1 aromatic carbocycles. The van der Waals surface area contributed by atoms with Gasteiger partial charge in [0.15, 0.2) is 5.76 Å². The van der Waals surface area contributed by atoms with Gasteiger partial charge in [-0.05, 0) is 40.2 Å². The van der Waals surface area contributed by atoms with Crippen LogP contribution >= 0.6 is 15.9 Å². The molecule has 0 bridgehead atoms. The van der Waals surface area contributed by atoms with Crippen LogP contribution in [-0.4, -0.2) is 16.0 Å². The summed E-state index contributed by atoms with van der Waals surface area (Å²) in [6, 6.07) is 10.9. The Labute approximate surface area is 134 Å². The predicted molar refractivity (Wildman–Crippen MR) is 83.1 cm³/mol. The number of rotatable bonds is 5. The highest BCUT2D eigenvalue weighted by Gasteiger charge is 2.12. The maximum absolute atomic E-state index is 11.9. The van der Waals surface area contributed by atoms with Crippen molar-refractivity contribution in [2.24, 2.45) is 0 Å². The number of amides is 1. The van der Waals surface area contributed by atoms with Crippen LogP contribution in [0.15, 0.2) is 56.1 Å². The lowest BCUT2D eigenvalue weighted by Gasteiger charge is -2.05. The molecule has 0 atom stereocenters. The summed E-state index contributed by atoms with van der Waals surface area (Å²) in [5.74, 6) is 1.19. The largest absolute Gasteiger partial charge is 0.461 e. The highest BCUT2D eigenvalue weighted by Crippen LogP contribution is 2.21. The number of nitrogens with one attached hydrogen (secondary N) is 1. The fourth-order valence-electron chi connectivity index (χ4n) is 1.86. The Bertz CT molecular complexity index is 768. The van der Waals surface area contributed by atoms with E-state index in [1.807, 2.05) is 24.3 Å². The van der Waals surface area contributed by atoms with Gasteiger partial charge in [-0.2, -0.15) is 4.98 Å². The van der Waals surface area contributed by atoms with Crippen LogP contribution in [0.4, 0.5) is 5.69 Å². The van der Waals surface area contributed by atoms with Gasteiger partial charge >= 0.3 is 0 Å². The second kappa shape index (κ2) is 6.57. The summed E-state index contributed by atoms with van der Waals surface area (Å²) in [4.78, 5) is 16.1. The zero-order chi connectivity index (χ0) is 15.4. The topological polar surface area (TPSA) is 81.2 Å². The molecule has 0 aliphatic heterocycles. The summed E-state index contributed by atoms with van der Waals surface area (Å²) in [5, 5.41) is 6.64. The van der Waals surface area contributed by atoms with Gasteiger partial charge in [-0.25, -0.2) is 0 Å². The molecule has 0 aliphatic rings. The van der Waals surface area contributed by atoms with Crippen molar-refractivity contribution in [2.75, 3.05) is 5.32 Å². The summed E-state index contributed by atoms with van der Waals surface area (Å²) in [7, 11) is 0. The van der Waals surface area contributed by atoms with Crippen molar-refractivity contribution in [1.82, 2.24) is 10.1 Å². The molecule has 0 saturated carbocycles. The second-order valence-electron chi connectivity index (χ2n) is 4.52. The number of aryl methyl sites for hydroxylation is 1. The van der Waals surface area contributed by atoms with E-state index in [9.17, 15) is 4.79 Å². The number of aromatic nitrogens is 2. The molecule has 0 aliphatic carbocycles. The van der Waals surface area contributed by atoms with Gasteiger partial charge in [0, 0.05) is 17.3 Å². The van der Waals surface area contributed by atoms with E-state index in [-0.39, 0.29) is 12.3 Å². The highest BCUT2D eigenvalue weighted by atomic mass is 79.9. The average molecular weight is 362 g/mol. The Morgan fingerprint density at radius 3 is 2.86 bits per heavy atom. The molecule has 0 fully saturated rings. The van der Waals surface area contributed by atoms with Crippen LogP contribution in [-0.2, 0) is 11.2 Å². The number of nitrogens with zero attached hydrogens (tertiary/aromatic N) is 2.